The summed E-state index contributed by atoms with van der Waals surface area (Å²) in [7, 11) is -0.853. The number of carbonyl (C=O) groups excluding carboxylic acids is 1. The number of amides is 1. The van der Waals surface area contributed by atoms with Gasteiger partial charge in [0.1, 0.15) is 18.0 Å². The highest BCUT2D eigenvalue weighted by molar-refractivity contribution is 7.92. The monoisotopic (exact) mass is 444 g/mol. The molecule has 1 heterocycles. The third-order valence-electron chi connectivity index (χ3n) is 4.57. The minimum Gasteiger partial charge on any atom is -0.497 e. The number of benzene rings is 2. The number of nitrogens with zero attached hydrogens (tertiary/aromatic N) is 3. The SMILES string of the molecule is COc1ccc(OC)c(N(CC(=O)NCc2ccc(-n3ccnc3)cc2)S(C)(=O)=O)c1. The first-order chi connectivity index (χ1) is 14.8. The number of methoxy groups -OCH3 is 2. The van der Waals surface area contributed by atoms with E-state index in [9.17, 15) is 13.2 Å². The molecule has 0 atom stereocenters. The molecule has 1 aromatic heterocycles. The molecule has 0 unspecified atom stereocenters. The average molecular weight is 445 g/mol. The number of sulfonamides is 1. The molecule has 0 aliphatic rings. The Kier molecular flexibility index (Phi) is 6.81. The summed E-state index contributed by atoms with van der Waals surface area (Å²) in [5.74, 6) is 0.311. The molecule has 0 aliphatic heterocycles. The summed E-state index contributed by atoms with van der Waals surface area (Å²) in [4.78, 5) is 16.6. The summed E-state index contributed by atoms with van der Waals surface area (Å²) >= 11 is 0. The molecule has 164 valence electrons. The first-order valence-electron chi connectivity index (χ1n) is 9.35. The second-order valence-electron chi connectivity index (χ2n) is 6.72. The predicted molar refractivity (Wildman–Crippen MR) is 117 cm³/mol. The van der Waals surface area contributed by atoms with E-state index >= 15 is 0 Å². The maximum atomic E-state index is 12.6. The zero-order valence-corrected chi connectivity index (χ0v) is 18.3. The number of nitrogens with one attached hydrogen (secondary N) is 1. The molecule has 0 aliphatic carbocycles. The van der Waals surface area contributed by atoms with Crippen molar-refractivity contribution in [2.45, 2.75) is 6.54 Å². The van der Waals surface area contributed by atoms with Crippen molar-refractivity contribution in [3.63, 3.8) is 0 Å². The standard InChI is InChI=1S/C21H24N4O5S/c1-29-18-8-9-20(30-2)19(12-18)25(31(3,27)28)14-21(26)23-13-16-4-6-17(7-5-16)24-11-10-22-15-24/h4-12,15H,13-14H2,1-3H3,(H,23,26). The first-order valence-corrected chi connectivity index (χ1v) is 11.2. The molecule has 0 bridgehead atoms. The number of aromatic nitrogens is 2. The molecule has 31 heavy (non-hydrogen) atoms. The fraction of sp³-hybridized carbons (Fsp3) is 0.238. The summed E-state index contributed by atoms with van der Waals surface area (Å²) in [6.07, 6.45) is 6.26. The quantitative estimate of drug-likeness (QED) is 0.541. The molecular formula is C21H24N4O5S. The molecule has 0 spiro atoms. The third-order valence-corrected chi connectivity index (χ3v) is 5.70. The fourth-order valence-corrected chi connectivity index (χ4v) is 3.81. The lowest BCUT2D eigenvalue weighted by molar-refractivity contribution is -0.119. The molecule has 0 radical (unpaired) electrons. The summed E-state index contributed by atoms with van der Waals surface area (Å²) in [5.41, 5.74) is 2.05. The number of hydrogen-bond donors (Lipinski definition) is 1. The van der Waals surface area contributed by atoms with E-state index in [1.165, 1.54) is 20.3 Å². The van der Waals surface area contributed by atoms with Gasteiger partial charge in [0.25, 0.3) is 0 Å². The minimum atomic E-state index is -3.76. The maximum Gasteiger partial charge on any atom is 0.241 e. The van der Waals surface area contributed by atoms with Crippen LogP contribution in [0.15, 0.2) is 61.2 Å². The summed E-state index contributed by atoms with van der Waals surface area (Å²) < 4.78 is 38.1. The van der Waals surface area contributed by atoms with E-state index < -0.39 is 22.5 Å². The Balaban J connectivity index is 1.71. The number of carbonyl (C=O) groups is 1. The predicted octanol–water partition coefficient (Wildman–Crippen LogP) is 1.97. The zero-order valence-electron chi connectivity index (χ0n) is 17.5. The van der Waals surface area contributed by atoms with Crippen LogP contribution in [-0.4, -0.2) is 50.9 Å². The highest BCUT2D eigenvalue weighted by Crippen LogP contribution is 2.33. The van der Waals surface area contributed by atoms with Crippen molar-refractivity contribution >= 4 is 21.6 Å². The lowest BCUT2D eigenvalue weighted by atomic mass is 10.2. The van der Waals surface area contributed by atoms with Gasteiger partial charge in [-0.1, -0.05) is 12.1 Å². The van der Waals surface area contributed by atoms with Crippen LogP contribution in [-0.2, 0) is 21.4 Å². The second-order valence-corrected chi connectivity index (χ2v) is 8.63. The van der Waals surface area contributed by atoms with Gasteiger partial charge in [-0.25, -0.2) is 13.4 Å². The van der Waals surface area contributed by atoms with E-state index in [-0.39, 0.29) is 12.2 Å². The minimum absolute atomic E-state index is 0.226. The van der Waals surface area contributed by atoms with E-state index in [1.807, 2.05) is 35.0 Å². The van der Waals surface area contributed by atoms with Gasteiger partial charge >= 0.3 is 0 Å². The molecule has 1 N–H and O–H groups in total. The van der Waals surface area contributed by atoms with Gasteiger partial charge in [-0.2, -0.15) is 0 Å². The topological polar surface area (TPSA) is 103 Å². The lowest BCUT2D eigenvalue weighted by Gasteiger charge is -2.24. The van der Waals surface area contributed by atoms with Crippen molar-refractivity contribution in [1.29, 1.82) is 0 Å². The molecule has 10 heteroatoms. The average Bonchev–Trinajstić information content (AvgIpc) is 3.30. The van der Waals surface area contributed by atoms with Crippen LogP contribution in [0.5, 0.6) is 11.5 Å². The van der Waals surface area contributed by atoms with Crippen molar-refractivity contribution in [1.82, 2.24) is 14.9 Å². The lowest BCUT2D eigenvalue weighted by Crippen LogP contribution is -2.40. The number of ether oxygens (including phenoxy) is 2. The van der Waals surface area contributed by atoms with Crippen LogP contribution >= 0.6 is 0 Å². The van der Waals surface area contributed by atoms with Gasteiger partial charge in [0.15, 0.2) is 0 Å². The van der Waals surface area contributed by atoms with Crippen molar-refractivity contribution < 1.29 is 22.7 Å². The second kappa shape index (κ2) is 9.52. The van der Waals surface area contributed by atoms with Gasteiger partial charge in [-0.15, -0.1) is 0 Å². The van der Waals surface area contributed by atoms with Crippen LogP contribution in [0.3, 0.4) is 0 Å². The van der Waals surface area contributed by atoms with Crippen LogP contribution in [0.1, 0.15) is 5.56 Å². The molecule has 3 rings (SSSR count). The molecule has 1 amide bonds. The smallest absolute Gasteiger partial charge is 0.241 e. The van der Waals surface area contributed by atoms with E-state index in [2.05, 4.69) is 10.3 Å². The largest absolute Gasteiger partial charge is 0.497 e. The van der Waals surface area contributed by atoms with Gasteiger partial charge in [-0.05, 0) is 29.8 Å². The Morgan fingerprint density at radius 2 is 1.87 bits per heavy atom. The molecule has 0 saturated carbocycles. The molecular weight excluding hydrogens is 420 g/mol. The fourth-order valence-electron chi connectivity index (χ4n) is 2.96. The molecule has 2 aromatic carbocycles. The Morgan fingerprint density at radius 3 is 2.45 bits per heavy atom. The summed E-state index contributed by atoms with van der Waals surface area (Å²) in [6.45, 7) is -0.134. The molecule has 0 saturated heterocycles. The van der Waals surface area contributed by atoms with E-state index in [4.69, 9.17) is 9.47 Å². The summed E-state index contributed by atoms with van der Waals surface area (Å²) in [5, 5.41) is 2.76. The van der Waals surface area contributed by atoms with E-state index in [1.54, 1.807) is 24.7 Å². The van der Waals surface area contributed by atoms with Gasteiger partial charge in [0.05, 0.1) is 32.5 Å². The number of imidazole rings is 1. The maximum absolute atomic E-state index is 12.6. The number of rotatable bonds is 9. The summed E-state index contributed by atoms with van der Waals surface area (Å²) in [6, 6.07) is 12.3. The van der Waals surface area contributed by atoms with Crippen LogP contribution in [0, 0.1) is 0 Å². The third kappa shape index (κ3) is 5.54. The molecule has 3 aromatic rings. The van der Waals surface area contributed by atoms with Gasteiger partial charge in [-0.3, -0.25) is 9.10 Å². The van der Waals surface area contributed by atoms with Crippen molar-refractivity contribution in [2.75, 3.05) is 31.3 Å². The van der Waals surface area contributed by atoms with Crippen molar-refractivity contribution in [3.8, 4) is 17.2 Å². The van der Waals surface area contributed by atoms with Crippen LogP contribution in [0.4, 0.5) is 5.69 Å². The number of anilines is 1. The van der Waals surface area contributed by atoms with Crippen molar-refractivity contribution in [3.05, 3.63) is 66.7 Å². The normalized spacial score (nSPS) is 11.1. The van der Waals surface area contributed by atoms with Gasteiger partial charge in [0.2, 0.25) is 15.9 Å². The van der Waals surface area contributed by atoms with Crippen molar-refractivity contribution in [2.24, 2.45) is 0 Å². The highest BCUT2D eigenvalue weighted by Gasteiger charge is 2.24. The highest BCUT2D eigenvalue weighted by atomic mass is 32.2. The van der Waals surface area contributed by atoms with Gasteiger partial charge in [0, 0.05) is 30.7 Å². The van der Waals surface area contributed by atoms with Crippen LogP contribution in [0.25, 0.3) is 5.69 Å². The van der Waals surface area contributed by atoms with E-state index in [0.29, 0.717) is 11.5 Å². The number of hydrogen-bond acceptors (Lipinski definition) is 6. The first kappa shape index (κ1) is 22.2. The Hall–Kier alpha value is -3.53. The Morgan fingerprint density at radius 1 is 1.13 bits per heavy atom. The van der Waals surface area contributed by atoms with E-state index in [0.717, 1.165) is 21.8 Å². The molecule has 0 fully saturated rings. The molecule has 9 nitrogen and oxygen atoms in total. The van der Waals surface area contributed by atoms with Gasteiger partial charge < -0.3 is 19.4 Å². The van der Waals surface area contributed by atoms with Crippen LogP contribution < -0.4 is 19.1 Å². The Bertz CT molecular complexity index is 1130. The Labute approximate surface area is 181 Å². The van der Waals surface area contributed by atoms with Crippen LogP contribution in [0.2, 0.25) is 0 Å². The zero-order chi connectivity index (χ0) is 22.4.